The van der Waals surface area contributed by atoms with Crippen LogP contribution in [0.4, 0.5) is 10.2 Å². The van der Waals surface area contributed by atoms with Gasteiger partial charge in [-0.3, -0.25) is 4.79 Å². The van der Waals surface area contributed by atoms with E-state index in [1.165, 1.54) is 18.2 Å². The summed E-state index contributed by atoms with van der Waals surface area (Å²) in [6, 6.07) is 7.64. The zero-order valence-corrected chi connectivity index (χ0v) is 10.9. The highest BCUT2D eigenvalue weighted by Crippen LogP contribution is 2.19. The van der Waals surface area contributed by atoms with E-state index < -0.39 is 5.82 Å². The van der Waals surface area contributed by atoms with Gasteiger partial charge in [0.05, 0.1) is 4.47 Å². The first-order valence-electron chi connectivity index (χ1n) is 5.25. The third kappa shape index (κ3) is 2.73. The fraction of sp³-hybridized carbons (Fsp3) is 0.0769. The molecule has 1 aromatic carbocycles. The van der Waals surface area contributed by atoms with Gasteiger partial charge in [-0.2, -0.15) is 0 Å². The number of nitrogens with zero attached hydrogens (tertiary/aromatic N) is 1. The minimum absolute atomic E-state index is 0.129. The SMILES string of the molecule is Nc1ncccc1CC(=O)c1ccc(F)c(Br)c1. The Morgan fingerprint density at radius 1 is 1.39 bits per heavy atom. The third-order valence-corrected chi connectivity index (χ3v) is 3.13. The van der Waals surface area contributed by atoms with Crippen LogP contribution in [0.1, 0.15) is 15.9 Å². The molecule has 2 aromatic rings. The van der Waals surface area contributed by atoms with Crippen molar-refractivity contribution in [2.75, 3.05) is 5.73 Å². The highest BCUT2D eigenvalue weighted by molar-refractivity contribution is 9.10. The number of aromatic nitrogens is 1. The summed E-state index contributed by atoms with van der Waals surface area (Å²) in [6.07, 6.45) is 1.72. The minimum Gasteiger partial charge on any atom is -0.383 e. The number of nitrogens with two attached hydrogens (primary N) is 1. The van der Waals surface area contributed by atoms with E-state index in [1.54, 1.807) is 18.3 Å². The Balaban J connectivity index is 2.22. The lowest BCUT2D eigenvalue weighted by molar-refractivity contribution is 0.0993. The number of halogens is 2. The van der Waals surface area contributed by atoms with Gasteiger partial charge < -0.3 is 5.73 Å². The monoisotopic (exact) mass is 308 g/mol. The Morgan fingerprint density at radius 3 is 2.83 bits per heavy atom. The number of benzene rings is 1. The number of ketones is 1. The maximum absolute atomic E-state index is 13.1. The van der Waals surface area contributed by atoms with Crippen molar-refractivity contribution in [1.29, 1.82) is 0 Å². The van der Waals surface area contributed by atoms with Crippen LogP contribution in [0.5, 0.6) is 0 Å². The number of hydrogen-bond acceptors (Lipinski definition) is 3. The molecule has 0 atom stereocenters. The molecule has 18 heavy (non-hydrogen) atoms. The maximum Gasteiger partial charge on any atom is 0.167 e. The molecule has 3 nitrogen and oxygen atoms in total. The van der Waals surface area contributed by atoms with Gasteiger partial charge in [0.2, 0.25) is 0 Å². The van der Waals surface area contributed by atoms with Crippen LogP contribution in [0.2, 0.25) is 0 Å². The first-order valence-corrected chi connectivity index (χ1v) is 6.05. The van der Waals surface area contributed by atoms with Crippen molar-refractivity contribution >= 4 is 27.5 Å². The average molecular weight is 309 g/mol. The van der Waals surface area contributed by atoms with E-state index in [4.69, 9.17) is 5.73 Å². The molecular formula is C13H10BrFN2O. The molecule has 0 fully saturated rings. The van der Waals surface area contributed by atoms with E-state index in [0.29, 0.717) is 16.9 Å². The van der Waals surface area contributed by atoms with Gasteiger partial charge in [-0.05, 0) is 40.2 Å². The molecule has 0 aliphatic carbocycles. The molecule has 0 saturated heterocycles. The van der Waals surface area contributed by atoms with E-state index in [0.717, 1.165) is 0 Å². The third-order valence-electron chi connectivity index (χ3n) is 2.52. The molecule has 92 valence electrons. The van der Waals surface area contributed by atoms with E-state index in [9.17, 15) is 9.18 Å². The van der Waals surface area contributed by atoms with Crippen molar-refractivity contribution in [3.63, 3.8) is 0 Å². The lowest BCUT2D eigenvalue weighted by Gasteiger charge is -2.04. The van der Waals surface area contributed by atoms with E-state index in [2.05, 4.69) is 20.9 Å². The Bertz CT molecular complexity index is 601. The summed E-state index contributed by atoms with van der Waals surface area (Å²) >= 11 is 3.05. The van der Waals surface area contributed by atoms with Crippen molar-refractivity contribution in [2.24, 2.45) is 0 Å². The number of anilines is 1. The average Bonchev–Trinajstić information content (AvgIpc) is 2.35. The molecule has 0 aliphatic rings. The number of rotatable bonds is 3. The summed E-state index contributed by atoms with van der Waals surface area (Å²) in [5.41, 5.74) is 6.77. The van der Waals surface area contributed by atoms with Crippen LogP contribution >= 0.6 is 15.9 Å². The van der Waals surface area contributed by atoms with Gasteiger partial charge in [-0.15, -0.1) is 0 Å². The van der Waals surface area contributed by atoms with Crippen molar-refractivity contribution in [2.45, 2.75) is 6.42 Å². The molecule has 0 saturated carbocycles. The lowest BCUT2D eigenvalue weighted by Crippen LogP contribution is -2.07. The molecule has 1 heterocycles. The van der Waals surface area contributed by atoms with Crippen molar-refractivity contribution in [3.05, 3.63) is 57.9 Å². The first-order chi connectivity index (χ1) is 8.58. The second-order valence-electron chi connectivity index (χ2n) is 3.78. The number of nitrogen functional groups attached to an aromatic ring is 1. The van der Waals surface area contributed by atoms with Crippen LogP contribution in [-0.4, -0.2) is 10.8 Å². The minimum atomic E-state index is -0.396. The molecule has 1 aromatic heterocycles. The fourth-order valence-electron chi connectivity index (χ4n) is 1.54. The van der Waals surface area contributed by atoms with E-state index in [-0.39, 0.29) is 16.7 Å². The van der Waals surface area contributed by atoms with E-state index in [1.807, 2.05) is 0 Å². The van der Waals surface area contributed by atoms with Gasteiger partial charge in [-0.1, -0.05) is 6.07 Å². The fourth-order valence-corrected chi connectivity index (χ4v) is 1.92. The Hall–Kier alpha value is -1.75. The molecule has 0 radical (unpaired) electrons. The predicted octanol–water partition coefficient (Wildman–Crippen LogP) is 2.99. The summed E-state index contributed by atoms with van der Waals surface area (Å²) in [7, 11) is 0. The topological polar surface area (TPSA) is 56.0 Å². The predicted molar refractivity (Wildman–Crippen MR) is 70.8 cm³/mol. The van der Waals surface area contributed by atoms with Crippen LogP contribution in [-0.2, 0) is 6.42 Å². The normalized spacial score (nSPS) is 10.3. The molecule has 0 spiro atoms. The first kappa shape index (κ1) is 12.7. The number of carbonyl (C=O) groups excluding carboxylic acids is 1. The van der Waals surface area contributed by atoms with Crippen LogP contribution < -0.4 is 5.73 Å². The highest BCUT2D eigenvalue weighted by Gasteiger charge is 2.11. The zero-order valence-electron chi connectivity index (χ0n) is 9.36. The van der Waals surface area contributed by atoms with Crippen LogP contribution in [0.15, 0.2) is 41.0 Å². The second-order valence-corrected chi connectivity index (χ2v) is 4.63. The number of hydrogen-bond donors (Lipinski definition) is 1. The van der Waals surface area contributed by atoms with Crippen molar-refractivity contribution in [1.82, 2.24) is 4.98 Å². The second kappa shape index (κ2) is 5.27. The van der Waals surface area contributed by atoms with Crippen LogP contribution in [0, 0.1) is 5.82 Å². The summed E-state index contributed by atoms with van der Waals surface area (Å²) in [5.74, 6) is -0.185. The van der Waals surface area contributed by atoms with Crippen LogP contribution in [0.3, 0.4) is 0 Å². The molecule has 0 aliphatic heterocycles. The molecule has 2 rings (SSSR count). The van der Waals surface area contributed by atoms with Gasteiger partial charge in [-0.25, -0.2) is 9.37 Å². The van der Waals surface area contributed by atoms with Gasteiger partial charge in [0.25, 0.3) is 0 Å². The maximum atomic E-state index is 13.1. The molecule has 0 unspecified atom stereocenters. The van der Waals surface area contributed by atoms with E-state index >= 15 is 0 Å². The van der Waals surface area contributed by atoms with Gasteiger partial charge >= 0.3 is 0 Å². The number of Topliss-reactive ketones (excluding diaryl/α,β-unsaturated/α-hetero) is 1. The van der Waals surface area contributed by atoms with Crippen molar-refractivity contribution < 1.29 is 9.18 Å². The summed E-state index contributed by atoms with van der Waals surface area (Å²) < 4.78 is 13.3. The Kier molecular flexibility index (Phi) is 3.72. The molecular weight excluding hydrogens is 299 g/mol. The summed E-state index contributed by atoms with van der Waals surface area (Å²) in [5, 5.41) is 0. The Labute approximate surface area is 112 Å². The molecule has 0 amide bonds. The molecule has 5 heteroatoms. The summed E-state index contributed by atoms with van der Waals surface area (Å²) in [4.78, 5) is 15.9. The number of carbonyl (C=O) groups is 1. The zero-order chi connectivity index (χ0) is 13.1. The summed E-state index contributed by atoms with van der Waals surface area (Å²) in [6.45, 7) is 0. The number of pyridine rings is 1. The molecule has 2 N–H and O–H groups in total. The van der Waals surface area contributed by atoms with Gasteiger partial charge in [0, 0.05) is 23.7 Å². The Morgan fingerprint density at radius 2 is 2.17 bits per heavy atom. The van der Waals surface area contributed by atoms with Gasteiger partial charge in [0.15, 0.2) is 5.78 Å². The smallest absolute Gasteiger partial charge is 0.167 e. The largest absolute Gasteiger partial charge is 0.383 e. The van der Waals surface area contributed by atoms with Crippen molar-refractivity contribution in [3.8, 4) is 0 Å². The highest BCUT2D eigenvalue weighted by atomic mass is 79.9. The standard InChI is InChI=1S/C13H10BrFN2O/c14-10-6-8(3-4-11(10)15)12(18)7-9-2-1-5-17-13(9)16/h1-6H,7H2,(H2,16,17). The lowest BCUT2D eigenvalue weighted by atomic mass is 10.0. The van der Waals surface area contributed by atoms with Crippen LogP contribution in [0.25, 0.3) is 0 Å². The quantitative estimate of drug-likeness (QED) is 0.887. The van der Waals surface area contributed by atoms with Gasteiger partial charge in [0.1, 0.15) is 11.6 Å². The molecule has 0 bridgehead atoms.